The van der Waals surface area contributed by atoms with Gasteiger partial charge in [-0.3, -0.25) is 0 Å². The minimum absolute atomic E-state index is 0. The van der Waals surface area contributed by atoms with E-state index in [-0.39, 0.29) is 24.8 Å². The first-order valence-electron chi connectivity index (χ1n) is 10.4. The van der Waals surface area contributed by atoms with Crippen LogP contribution in [0.1, 0.15) is 50.7 Å². The summed E-state index contributed by atoms with van der Waals surface area (Å²) in [5, 5.41) is 0. The summed E-state index contributed by atoms with van der Waals surface area (Å²) in [6.07, 6.45) is 14.4. The van der Waals surface area contributed by atoms with Gasteiger partial charge in [-0.2, -0.15) is 0 Å². The topological polar surface area (TPSA) is 0 Å². The van der Waals surface area contributed by atoms with Gasteiger partial charge in [-0.15, -0.1) is 24.8 Å². The normalized spacial score (nSPS) is 14.6. The molecule has 4 rings (SSSR count). The van der Waals surface area contributed by atoms with E-state index in [2.05, 4.69) is 98.8 Å². The van der Waals surface area contributed by atoms with E-state index in [0.29, 0.717) is 0 Å². The summed E-state index contributed by atoms with van der Waals surface area (Å²) in [4.78, 5) is 0. The van der Waals surface area contributed by atoms with Crippen LogP contribution in [0.5, 0.6) is 0 Å². The van der Waals surface area contributed by atoms with Crippen LogP contribution in [0.2, 0.25) is 0 Å². The molecule has 0 saturated carbocycles. The molecule has 2 aromatic rings. The van der Waals surface area contributed by atoms with Crippen molar-refractivity contribution in [2.75, 3.05) is 0 Å². The van der Waals surface area contributed by atoms with E-state index in [1.54, 1.807) is 21.1 Å². The van der Waals surface area contributed by atoms with Gasteiger partial charge < -0.3 is 0 Å². The molecule has 0 aliphatic heterocycles. The molecular weight excluding hydrogens is 574 g/mol. The zero-order valence-corrected chi connectivity index (χ0v) is 23.0. The fourth-order valence-corrected chi connectivity index (χ4v) is 16.1. The quantitative estimate of drug-likeness (QED) is 0.294. The van der Waals surface area contributed by atoms with Gasteiger partial charge in [0.1, 0.15) is 0 Å². The molecule has 0 radical (unpaired) electrons. The van der Waals surface area contributed by atoms with Gasteiger partial charge in [0.25, 0.3) is 0 Å². The minimum Gasteiger partial charge on any atom is -0.147 e. The second-order valence-electron chi connectivity index (χ2n) is 7.49. The van der Waals surface area contributed by atoms with E-state index in [4.69, 9.17) is 0 Å². The maximum absolute atomic E-state index is 2.60. The third-order valence-electron chi connectivity index (χ3n) is 5.80. The Balaban J connectivity index is 0.00000160. The Labute approximate surface area is 201 Å². The molecule has 0 unspecified atom stereocenters. The van der Waals surface area contributed by atoms with Crippen molar-refractivity contribution in [2.45, 2.75) is 39.5 Å². The van der Waals surface area contributed by atoms with Crippen molar-refractivity contribution in [3.63, 3.8) is 0 Å². The van der Waals surface area contributed by atoms with E-state index in [0.717, 1.165) is 12.8 Å². The molecule has 0 bridgehead atoms. The van der Waals surface area contributed by atoms with Crippen LogP contribution in [0, 0.1) is 0 Å². The monoisotopic (exact) mass is 604 g/mol. The third kappa shape index (κ3) is 5.31. The summed E-state index contributed by atoms with van der Waals surface area (Å²) in [5.74, 6) is 0. The molecule has 30 heavy (non-hydrogen) atoms. The van der Waals surface area contributed by atoms with Gasteiger partial charge >= 0.3 is 178 Å². The summed E-state index contributed by atoms with van der Waals surface area (Å²) in [5.41, 5.74) is 6.12. The number of benzene rings is 2. The minimum atomic E-state index is -2.45. The fourth-order valence-electron chi connectivity index (χ4n) is 4.40. The standard InChI is InChI=1S/C13H10.C9H13.C5H5.2ClH.Hf/c1-3-7-12(8-4-1)11-13-9-5-2-6-10-13;1-3-8-6-5-7-9(8)4-2;1-2-4-5-3-1;;;/h1-10H;6H,3-4,7H2,1-2H3;1-3H,4H2;2*1H;. The van der Waals surface area contributed by atoms with Crippen molar-refractivity contribution < 1.29 is 21.0 Å². The van der Waals surface area contributed by atoms with Gasteiger partial charge in [0.15, 0.2) is 0 Å². The van der Waals surface area contributed by atoms with E-state index >= 15 is 0 Å². The molecule has 0 saturated heterocycles. The Morgan fingerprint density at radius 3 is 1.83 bits per heavy atom. The van der Waals surface area contributed by atoms with Crippen LogP contribution in [-0.4, -0.2) is 3.26 Å². The molecule has 0 fully saturated rings. The van der Waals surface area contributed by atoms with Crippen LogP contribution in [0.4, 0.5) is 0 Å². The second kappa shape index (κ2) is 11.9. The number of hydrogen-bond donors (Lipinski definition) is 0. The predicted molar refractivity (Wildman–Crippen MR) is 133 cm³/mol. The number of rotatable bonds is 6. The Morgan fingerprint density at radius 1 is 0.800 bits per heavy atom. The molecule has 0 spiro atoms. The maximum atomic E-state index is 2.60. The van der Waals surface area contributed by atoms with Gasteiger partial charge in [-0.1, -0.05) is 0 Å². The van der Waals surface area contributed by atoms with Crippen molar-refractivity contribution in [3.8, 4) is 0 Å². The molecule has 0 N–H and O–H groups in total. The largest absolute Gasteiger partial charge is 0.147 e. The first-order chi connectivity index (χ1) is 13.8. The average molecular weight is 604 g/mol. The van der Waals surface area contributed by atoms with E-state index < -0.39 is 21.0 Å². The van der Waals surface area contributed by atoms with Crippen LogP contribution in [0.15, 0.2) is 103 Å². The summed E-state index contributed by atoms with van der Waals surface area (Å²) < 4.78 is 5.16. The Hall–Kier alpha value is -1.28. The van der Waals surface area contributed by atoms with Crippen LogP contribution >= 0.6 is 24.8 Å². The van der Waals surface area contributed by atoms with Gasteiger partial charge in [-0.05, 0) is 0 Å². The van der Waals surface area contributed by atoms with Crippen molar-refractivity contribution >= 4 is 28.1 Å². The molecule has 2 aromatic carbocycles. The summed E-state index contributed by atoms with van der Waals surface area (Å²) in [7, 11) is 0. The molecule has 2 aliphatic rings. The third-order valence-corrected chi connectivity index (χ3v) is 16.8. The van der Waals surface area contributed by atoms with Crippen LogP contribution in [0.3, 0.4) is 0 Å². The van der Waals surface area contributed by atoms with E-state index in [9.17, 15) is 0 Å². The Bertz CT molecular complexity index is 968. The summed E-state index contributed by atoms with van der Waals surface area (Å²) >= 11 is -2.45. The van der Waals surface area contributed by atoms with Crippen molar-refractivity contribution in [3.05, 3.63) is 114 Å². The molecule has 0 heterocycles. The number of allylic oxidation sites excluding steroid dienone is 8. The Morgan fingerprint density at radius 2 is 1.40 bits per heavy atom. The van der Waals surface area contributed by atoms with Gasteiger partial charge in [0, 0.05) is 0 Å². The van der Waals surface area contributed by atoms with E-state index in [1.807, 2.05) is 0 Å². The predicted octanol–water partition coefficient (Wildman–Crippen LogP) is 7.97. The first kappa shape index (κ1) is 25.0. The first-order valence-corrected chi connectivity index (χ1v) is 15.8. The number of halogens is 2. The zero-order chi connectivity index (χ0) is 19.3. The molecule has 0 nitrogen and oxygen atoms in total. The SMILES string of the molecule is CCC1=C(CC)C[C]([Hf]([C]2=CC=CC2)=[C](c2ccccc2)c2ccccc2)=C1.Cl.Cl. The average Bonchev–Trinajstić information content (AvgIpc) is 3.43. The maximum Gasteiger partial charge on any atom is -0.147 e. The summed E-state index contributed by atoms with van der Waals surface area (Å²) in [6.45, 7) is 4.63. The van der Waals surface area contributed by atoms with Gasteiger partial charge in [-0.25, -0.2) is 0 Å². The zero-order valence-electron chi connectivity index (χ0n) is 17.7. The van der Waals surface area contributed by atoms with Crippen molar-refractivity contribution in [1.29, 1.82) is 0 Å². The molecule has 3 heteroatoms. The van der Waals surface area contributed by atoms with Crippen LogP contribution in [-0.2, 0) is 21.0 Å². The fraction of sp³-hybridized carbons (Fsp3) is 0.222. The Kier molecular flexibility index (Phi) is 9.94. The van der Waals surface area contributed by atoms with Gasteiger partial charge in [0.05, 0.1) is 0 Å². The number of hydrogen-bond acceptors (Lipinski definition) is 0. The molecular formula is C27H30Cl2Hf. The second-order valence-corrected chi connectivity index (χ2v) is 16.6. The van der Waals surface area contributed by atoms with Gasteiger partial charge in [0.2, 0.25) is 0 Å². The summed E-state index contributed by atoms with van der Waals surface area (Å²) in [6, 6.07) is 22.3. The molecule has 2 aliphatic carbocycles. The van der Waals surface area contributed by atoms with Crippen LogP contribution < -0.4 is 0 Å². The van der Waals surface area contributed by atoms with Crippen LogP contribution in [0.25, 0.3) is 0 Å². The molecule has 0 aromatic heterocycles. The smallest absolute Gasteiger partial charge is 0.147 e. The molecule has 0 amide bonds. The van der Waals surface area contributed by atoms with E-state index in [1.165, 1.54) is 24.0 Å². The molecule has 156 valence electrons. The molecule has 0 atom stereocenters. The van der Waals surface area contributed by atoms with Crippen molar-refractivity contribution in [1.82, 2.24) is 0 Å². The van der Waals surface area contributed by atoms with Crippen molar-refractivity contribution in [2.24, 2.45) is 0 Å².